The monoisotopic (exact) mass is 465 g/mol. The van der Waals surface area contributed by atoms with Crippen LogP contribution in [0, 0.1) is 0 Å². The lowest BCUT2D eigenvalue weighted by molar-refractivity contribution is -0.116. The fourth-order valence-electron chi connectivity index (χ4n) is 2.52. The summed E-state index contributed by atoms with van der Waals surface area (Å²) in [5.41, 5.74) is 0. The second kappa shape index (κ2) is 11.7. The molecular weight excluding hydrogens is 445 g/mol. The number of aryl methyl sites for hydroxylation is 1. The van der Waals surface area contributed by atoms with Gasteiger partial charge in [0.25, 0.3) is 0 Å². The van der Waals surface area contributed by atoms with Crippen LogP contribution in [0.1, 0.15) is 24.3 Å². The van der Waals surface area contributed by atoms with Gasteiger partial charge in [0.2, 0.25) is 11.0 Å². The third kappa shape index (κ3) is 7.48. The van der Waals surface area contributed by atoms with Crippen LogP contribution >= 0.6 is 34.5 Å². The van der Waals surface area contributed by atoms with E-state index in [0.29, 0.717) is 47.0 Å². The number of carbonyl (C=O) groups is 1. The standard InChI is InChI=1S/C21H21Cl2N3O3S/c22-15-10-11-18(17(23)14-15)29-13-4-8-19(27)24-21-26-25-20(30-21)9-5-12-28-16-6-2-1-3-7-16/h1-3,6-7,10-11,14H,4-5,8-9,12-13H2,(H,24,26,27). The van der Waals surface area contributed by atoms with Crippen LogP contribution in [0.15, 0.2) is 48.5 Å². The third-order valence-electron chi connectivity index (χ3n) is 3.96. The second-order valence-corrected chi connectivity index (χ2v) is 8.25. The minimum absolute atomic E-state index is 0.129. The number of halogens is 2. The Hall–Kier alpha value is -2.35. The summed E-state index contributed by atoms with van der Waals surface area (Å²) in [4.78, 5) is 12.1. The Balaban J connectivity index is 1.31. The van der Waals surface area contributed by atoms with Crippen molar-refractivity contribution in [1.82, 2.24) is 10.2 Å². The molecule has 0 spiro atoms. The molecule has 2 aromatic carbocycles. The summed E-state index contributed by atoms with van der Waals surface area (Å²) in [7, 11) is 0. The molecule has 158 valence electrons. The van der Waals surface area contributed by atoms with Crippen molar-refractivity contribution in [2.24, 2.45) is 0 Å². The van der Waals surface area contributed by atoms with Crippen molar-refractivity contribution < 1.29 is 14.3 Å². The SMILES string of the molecule is O=C(CCCOc1ccc(Cl)cc1Cl)Nc1nnc(CCCOc2ccccc2)s1. The van der Waals surface area contributed by atoms with Crippen LogP contribution in [-0.4, -0.2) is 29.3 Å². The predicted octanol–water partition coefficient (Wildman–Crippen LogP) is 5.65. The number of anilines is 1. The van der Waals surface area contributed by atoms with Gasteiger partial charge in [-0.25, -0.2) is 0 Å². The second-order valence-electron chi connectivity index (χ2n) is 6.34. The maximum atomic E-state index is 12.1. The average Bonchev–Trinajstić information content (AvgIpc) is 3.18. The highest BCUT2D eigenvalue weighted by Crippen LogP contribution is 2.27. The average molecular weight is 466 g/mol. The Labute approximate surface area is 189 Å². The summed E-state index contributed by atoms with van der Waals surface area (Å²) in [5, 5.41) is 13.3. The van der Waals surface area contributed by atoms with E-state index in [4.69, 9.17) is 32.7 Å². The van der Waals surface area contributed by atoms with Gasteiger partial charge >= 0.3 is 0 Å². The first-order valence-electron chi connectivity index (χ1n) is 9.48. The zero-order chi connectivity index (χ0) is 21.2. The Morgan fingerprint density at radius 2 is 1.80 bits per heavy atom. The smallest absolute Gasteiger partial charge is 0.226 e. The lowest BCUT2D eigenvalue weighted by atomic mass is 10.3. The number of rotatable bonds is 11. The molecule has 30 heavy (non-hydrogen) atoms. The van der Waals surface area contributed by atoms with Gasteiger partial charge in [0, 0.05) is 17.9 Å². The number of amides is 1. The third-order valence-corrected chi connectivity index (χ3v) is 5.39. The van der Waals surface area contributed by atoms with E-state index in [0.717, 1.165) is 23.6 Å². The highest BCUT2D eigenvalue weighted by Gasteiger charge is 2.09. The van der Waals surface area contributed by atoms with Crippen molar-refractivity contribution in [3.05, 3.63) is 63.6 Å². The van der Waals surface area contributed by atoms with E-state index < -0.39 is 0 Å². The highest BCUT2D eigenvalue weighted by atomic mass is 35.5. The predicted molar refractivity (Wildman–Crippen MR) is 120 cm³/mol. The highest BCUT2D eigenvalue weighted by molar-refractivity contribution is 7.15. The van der Waals surface area contributed by atoms with Crippen LogP contribution in [0.4, 0.5) is 5.13 Å². The number of ether oxygens (including phenoxy) is 2. The van der Waals surface area contributed by atoms with Crippen molar-refractivity contribution in [3.8, 4) is 11.5 Å². The molecule has 0 aliphatic rings. The molecule has 0 fully saturated rings. The molecule has 0 aliphatic carbocycles. The Kier molecular flexibility index (Phi) is 8.74. The molecule has 3 aromatic rings. The summed E-state index contributed by atoms with van der Waals surface area (Å²) < 4.78 is 11.2. The van der Waals surface area contributed by atoms with Crippen molar-refractivity contribution in [2.75, 3.05) is 18.5 Å². The van der Waals surface area contributed by atoms with Gasteiger partial charge in [-0.05, 0) is 43.2 Å². The molecule has 1 N–H and O–H groups in total. The van der Waals surface area contributed by atoms with Crippen molar-refractivity contribution in [1.29, 1.82) is 0 Å². The number of benzene rings is 2. The zero-order valence-electron chi connectivity index (χ0n) is 16.1. The van der Waals surface area contributed by atoms with Crippen molar-refractivity contribution in [3.63, 3.8) is 0 Å². The van der Waals surface area contributed by atoms with Crippen molar-refractivity contribution >= 4 is 45.6 Å². The number of aromatic nitrogens is 2. The molecule has 0 bridgehead atoms. The summed E-state index contributed by atoms with van der Waals surface area (Å²) in [6.45, 7) is 0.973. The fraction of sp³-hybridized carbons (Fsp3) is 0.286. The molecule has 1 amide bonds. The summed E-state index contributed by atoms with van der Waals surface area (Å²) in [6, 6.07) is 14.7. The molecule has 9 heteroatoms. The van der Waals surface area contributed by atoms with Gasteiger partial charge in [-0.15, -0.1) is 10.2 Å². The topological polar surface area (TPSA) is 73.3 Å². The number of nitrogens with one attached hydrogen (secondary N) is 1. The number of carbonyl (C=O) groups excluding carboxylic acids is 1. The van der Waals surface area contributed by atoms with E-state index in [-0.39, 0.29) is 5.91 Å². The molecule has 0 saturated heterocycles. The lowest BCUT2D eigenvalue weighted by Crippen LogP contribution is -2.12. The zero-order valence-corrected chi connectivity index (χ0v) is 18.5. The number of para-hydroxylation sites is 1. The minimum Gasteiger partial charge on any atom is -0.494 e. The van der Waals surface area contributed by atoms with Gasteiger partial charge in [-0.2, -0.15) is 0 Å². The normalized spacial score (nSPS) is 10.6. The molecule has 0 radical (unpaired) electrons. The molecule has 6 nitrogen and oxygen atoms in total. The van der Waals surface area contributed by atoms with E-state index in [2.05, 4.69) is 15.5 Å². The van der Waals surface area contributed by atoms with Crippen LogP contribution in [0.3, 0.4) is 0 Å². The lowest BCUT2D eigenvalue weighted by Gasteiger charge is -2.07. The molecular formula is C21H21Cl2N3O3S. The van der Waals surface area contributed by atoms with Crippen LogP contribution in [-0.2, 0) is 11.2 Å². The van der Waals surface area contributed by atoms with Gasteiger partial charge in [-0.1, -0.05) is 52.7 Å². The largest absolute Gasteiger partial charge is 0.494 e. The maximum absolute atomic E-state index is 12.1. The van der Waals surface area contributed by atoms with Crippen LogP contribution in [0.5, 0.6) is 11.5 Å². The Bertz CT molecular complexity index is 954. The first-order chi connectivity index (χ1) is 14.6. The van der Waals surface area contributed by atoms with Gasteiger partial charge in [0.05, 0.1) is 18.2 Å². The molecule has 0 saturated carbocycles. The quantitative estimate of drug-likeness (QED) is 0.370. The molecule has 1 aromatic heterocycles. The van der Waals surface area contributed by atoms with E-state index in [1.165, 1.54) is 11.3 Å². The summed E-state index contributed by atoms with van der Waals surface area (Å²) in [5.74, 6) is 1.27. The number of hydrogen-bond acceptors (Lipinski definition) is 6. The van der Waals surface area contributed by atoms with Crippen LogP contribution < -0.4 is 14.8 Å². The summed E-state index contributed by atoms with van der Waals surface area (Å²) >= 11 is 13.3. The first kappa shape index (κ1) is 22.3. The number of nitrogens with zero attached hydrogens (tertiary/aromatic N) is 2. The van der Waals surface area contributed by atoms with Gasteiger partial charge < -0.3 is 14.8 Å². The van der Waals surface area contributed by atoms with Gasteiger partial charge in [0.15, 0.2) is 0 Å². The molecule has 0 aliphatic heterocycles. The molecule has 0 unspecified atom stereocenters. The van der Waals surface area contributed by atoms with Gasteiger partial charge in [-0.3, -0.25) is 4.79 Å². The van der Waals surface area contributed by atoms with E-state index in [1.54, 1.807) is 18.2 Å². The fourth-order valence-corrected chi connectivity index (χ4v) is 3.78. The first-order valence-corrected chi connectivity index (χ1v) is 11.1. The number of hydrogen-bond donors (Lipinski definition) is 1. The van der Waals surface area contributed by atoms with Crippen LogP contribution in [0.25, 0.3) is 0 Å². The van der Waals surface area contributed by atoms with E-state index >= 15 is 0 Å². The molecule has 0 atom stereocenters. The van der Waals surface area contributed by atoms with Gasteiger partial charge in [0.1, 0.15) is 16.5 Å². The van der Waals surface area contributed by atoms with E-state index in [1.807, 2.05) is 30.3 Å². The minimum atomic E-state index is -0.129. The van der Waals surface area contributed by atoms with Crippen LogP contribution in [0.2, 0.25) is 10.0 Å². The van der Waals surface area contributed by atoms with E-state index in [9.17, 15) is 4.79 Å². The summed E-state index contributed by atoms with van der Waals surface area (Å²) in [6.07, 6.45) is 2.43. The molecule has 3 rings (SSSR count). The maximum Gasteiger partial charge on any atom is 0.226 e. The Morgan fingerprint density at radius 3 is 2.60 bits per heavy atom. The van der Waals surface area contributed by atoms with Crippen molar-refractivity contribution in [2.45, 2.75) is 25.7 Å². The Morgan fingerprint density at radius 1 is 1.00 bits per heavy atom. The molecule has 1 heterocycles.